The van der Waals surface area contributed by atoms with E-state index in [0.29, 0.717) is 6.07 Å². The molecule has 0 aliphatic carbocycles. The lowest BCUT2D eigenvalue weighted by molar-refractivity contribution is -0.137. The van der Waals surface area contributed by atoms with Gasteiger partial charge in [-0.15, -0.1) is 0 Å². The molecule has 0 amide bonds. The summed E-state index contributed by atoms with van der Waals surface area (Å²) in [4.78, 5) is 0. The van der Waals surface area contributed by atoms with Crippen LogP contribution in [0.25, 0.3) is 0 Å². The molecule has 0 N–H and O–H groups in total. The van der Waals surface area contributed by atoms with Crippen LogP contribution in [0.4, 0.5) is 17.6 Å². The predicted octanol–water partition coefficient (Wildman–Crippen LogP) is 3.37. The Morgan fingerprint density at radius 3 is 2.29 bits per heavy atom. The van der Waals surface area contributed by atoms with Crippen molar-refractivity contribution in [3.8, 4) is 6.07 Å². The van der Waals surface area contributed by atoms with Gasteiger partial charge in [-0.3, -0.25) is 0 Å². The molecule has 0 unspecified atom stereocenters. The molecule has 0 aliphatic heterocycles. The maximum Gasteiger partial charge on any atom is 0.417 e. The molecular formula is C8H2ClF4N. The van der Waals surface area contributed by atoms with Crippen LogP contribution >= 0.6 is 11.6 Å². The van der Waals surface area contributed by atoms with E-state index in [1.807, 2.05) is 0 Å². The Hall–Kier alpha value is -1.28. The number of halogens is 5. The van der Waals surface area contributed by atoms with Crippen molar-refractivity contribution in [2.24, 2.45) is 0 Å². The Morgan fingerprint density at radius 2 is 1.86 bits per heavy atom. The number of hydrogen-bond donors (Lipinski definition) is 0. The molecule has 1 nitrogen and oxygen atoms in total. The third-order valence-electron chi connectivity index (χ3n) is 1.51. The van der Waals surface area contributed by atoms with Gasteiger partial charge in [-0.2, -0.15) is 18.4 Å². The molecule has 0 heterocycles. The molecule has 0 saturated carbocycles. The van der Waals surface area contributed by atoms with Crippen molar-refractivity contribution in [1.29, 1.82) is 5.26 Å². The lowest BCUT2D eigenvalue weighted by Gasteiger charge is -2.09. The molecule has 6 heteroatoms. The number of alkyl halides is 3. The number of benzene rings is 1. The van der Waals surface area contributed by atoms with E-state index in [1.54, 1.807) is 0 Å². The van der Waals surface area contributed by atoms with Gasteiger partial charge in [0, 0.05) is 0 Å². The fourth-order valence-electron chi connectivity index (χ4n) is 0.855. The van der Waals surface area contributed by atoms with Gasteiger partial charge in [-0.05, 0) is 12.1 Å². The maximum absolute atomic E-state index is 12.9. The Bertz CT molecular complexity index is 405. The van der Waals surface area contributed by atoms with Gasteiger partial charge in [0.2, 0.25) is 0 Å². The van der Waals surface area contributed by atoms with E-state index in [1.165, 1.54) is 6.07 Å². The Labute approximate surface area is 81.5 Å². The minimum atomic E-state index is -4.72. The van der Waals surface area contributed by atoms with Crippen LogP contribution in [0.5, 0.6) is 0 Å². The zero-order valence-corrected chi connectivity index (χ0v) is 7.25. The van der Waals surface area contributed by atoms with Crippen LogP contribution in [0.1, 0.15) is 11.1 Å². The average Bonchev–Trinajstić information content (AvgIpc) is 2.07. The topological polar surface area (TPSA) is 23.8 Å². The maximum atomic E-state index is 12.9. The van der Waals surface area contributed by atoms with Crippen molar-refractivity contribution in [2.75, 3.05) is 0 Å². The molecule has 0 atom stereocenters. The molecule has 1 aromatic rings. The summed E-state index contributed by atoms with van der Waals surface area (Å²) in [5, 5.41) is 7.23. The SMILES string of the molecule is N#Cc1ccc(C(F)(F)F)c(Cl)c1F. The van der Waals surface area contributed by atoms with E-state index in [9.17, 15) is 17.6 Å². The molecule has 0 spiro atoms. The van der Waals surface area contributed by atoms with Gasteiger partial charge in [0.05, 0.1) is 16.1 Å². The second-order valence-corrected chi connectivity index (χ2v) is 2.78. The number of hydrogen-bond acceptors (Lipinski definition) is 1. The highest BCUT2D eigenvalue weighted by Crippen LogP contribution is 2.36. The molecule has 0 fully saturated rings. The third-order valence-corrected chi connectivity index (χ3v) is 1.88. The van der Waals surface area contributed by atoms with Gasteiger partial charge in [0.1, 0.15) is 6.07 Å². The quantitative estimate of drug-likeness (QED) is 0.619. The second kappa shape index (κ2) is 3.46. The standard InChI is InChI=1S/C8H2ClF4N/c9-6-5(8(11,12)13)2-1-4(3-14)7(6)10/h1-2H. The van der Waals surface area contributed by atoms with Crippen LogP contribution in [0, 0.1) is 17.1 Å². The fourth-order valence-corrected chi connectivity index (χ4v) is 1.13. The zero-order valence-electron chi connectivity index (χ0n) is 6.49. The van der Waals surface area contributed by atoms with Crippen LogP contribution < -0.4 is 0 Å². The second-order valence-electron chi connectivity index (χ2n) is 2.40. The Morgan fingerprint density at radius 1 is 1.29 bits per heavy atom. The van der Waals surface area contributed by atoms with Gasteiger partial charge in [-0.1, -0.05) is 11.6 Å². The summed E-state index contributed by atoms with van der Waals surface area (Å²) in [5.74, 6) is -1.34. The third kappa shape index (κ3) is 1.80. The highest BCUT2D eigenvalue weighted by atomic mass is 35.5. The van der Waals surface area contributed by atoms with Gasteiger partial charge in [-0.25, -0.2) is 4.39 Å². The van der Waals surface area contributed by atoms with Gasteiger partial charge >= 0.3 is 6.18 Å². The van der Waals surface area contributed by atoms with Crippen molar-refractivity contribution >= 4 is 11.6 Å². The normalized spacial score (nSPS) is 11.1. The molecule has 1 aromatic carbocycles. The molecule has 1 rings (SSSR count). The lowest BCUT2D eigenvalue weighted by Crippen LogP contribution is -2.07. The highest BCUT2D eigenvalue weighted by molar-refractivity contribution is 6.31. The van der Waals surface area contributed by atoms with Crippen LogP contribution in [-0.4, -0.2) is 0 Å². The largest absolute Gasteiger partial charge is 0.417 e. The minimum absolute atomic E-state index is 0.511. The fraction of sp³-hybridized carbons (Fsp3) is 0.125. The van der Waals surface area contributed by atoms with Crippen LogP contribution in [0.2, 0.25) is 5.02 Å². The molecule has 0 bridgehead atoms. The number of rotatable bonds is 0. The van der Waals surface area contributed by atoms with Crippen molar-refractivity contribution in [1.82, 2.24) is 0 Å². The monoisotopic (exact) mass is 223 g/mol. The molecule has 74 valence electrons. The van der Waals surface area contributed by atoms with Crippen molar-refractivity contribution in [3.05, 3.63) is 34.1 Å². The van der Waals surface area contributed by atoms with E-state index >= 15 is 0 Å². The smallest absolute Gasteiger partial charge is 0.204 e. The van der Waals surface area contributed by atoms with E-state index in [2.05, 4.69) is 0 Å². The first-order chi connectivity index (χ1) is 6.38. The van der Waals surface area contributed by atoms with Crippen LogP contribution in [-0.2, 0) is 6.18 Å². The summed E-state index contributed by atoms with van der Waals surface area (Å²) in [5.41, 5.74) is -1.79. The first-order valence-corrected chi connectivity index (χ1v) is 3.71. The van der Waals surface area contributed by atoms with Gasteiger partial charge < -0.3 is 0 Å². The first-order valence-electron chi connectivity index (χ1n) is 3.33. The van der Waals surface area contributed by atoms with Crippen molar-refractivity contribution in [2.45, 2.75) is 6.18 Å². The average molecular weight is 224 g/mol. The Kier molecular flexibility index (Phi) is 2.67. The summed E-state index contributed by atoms with van der Waals surface area (Å²) in [6, 6.07) is 2.70. The molecule has 14 heavy (non-hydrogen) atoms. The predicted molar refractivity (Wildman–Crippen MR) is 41.1 cm³/mol. The van der Waals surface area contributed by atoms with Crippen molar-refractivity contribution < 1.29 is 17.6 Å². The number of nitriles is 1. The first kappa shape index (κ1) is 10.8. The molecule has 0 aliphatic rings. The highest BCUT2D eigenvalue weighted by Gasteiger charge is 2.34. The van der Waals surface area contributed by atoms with Crippen molar-refractivity contribution in [3.63, 3.8) is 0 Å². The summed E-state index contributed by atoms with van der Waals surface area (Å²) in [6.45, 7) is 0. The van der Waals surface area contributed by atoms with E-state index in [-0.39, 0.29) is 0 Å². The summed E-state index contributed by atoms with van der Waals surface area (Å²) in [6.07, 6.45) is -4.72. The Balaban J connectivity index is 3.41. The van der Waals surface area contributed by atoms with E-state index < -0.39 is 28.1 Å². The molecule has 0 radical (unpaired) electrons. The lowest BCUT2D eigenvalue weighted by atomic mass is 10.1. The molecular weight excluding hydrogens is 222 g/mol. The summed E-state index contributed by atoms with van der Waals surface area (Å²) in [7, 11) is 0. The zero-order chi connectivity index (χ0) is 10.9. The van der Waals surface area contributed by atoms with E-state index in [4.69, 9.17) is 16.9 Å². The van der Waals surface area contributed by atoms with Crippen LogP contribution in [0.3, 0.4) is 0 Å². The molecule has 0 aromatic heterocycles. The molecule has 0 saturated heterocycles. The minimum Gasteiger partial charge on any atom is -0.204 e. The summed E-state index contributed by atoms with van der Waals surface area (Å²) < 4.78 is 49.3. The summed E-state index contributed by atoms with van der Waals surface area (Å²) >= 11 is 5.12. The van der Waals surface area contributed by atoms with E-state index in [0.717, 1.165) is 6.07 Å². The van der Waals surface area contributed by atoms with Crippen LogP contribution in [0.15, 0.2) is 12.1 Å². The number of nitrogens with zero attached hydrogens (tertiary/aromatic N) is 1. The van der Waals surface area contributed by atoms with Gasteiger partial charge in [0.15, 0.2) is 5.82 Å². The van der Waals surface area contributed by atoms with Gasteiger partial charge in [0.25, 0.3) is 0 Å².